The first-order valence-electron chi connectivity index (χ1n) is 10.2. The third-order valence-corrected chi connectivity index (χ3v) is 6.10. The minimum Gasteiger partial charge on any atom is -0.376 e. The highest BCUT2D eigenvalue weighted by Gasteiger charge is 2.23. The van der Waals surface area contributed by atoms with Gasteiger partial charge in [0.25, 0.3) is 0 Å². The van der Waals surface area contributed by atoms with E-state index < -0.39 is 0 Å². The lowest BCUT2D eigenvalue weighted by Gasteiger charge is -2.32. The monoisotopic (exact) mass is 397 g/mol. The van der Waals surface area contributed by atoms with E-state index in [2.05, 4.69) is 50.2 Å². The highest BCUT2D eigenvalue weighted by atomic mass is 32.2. The maximum Gasteiger partial charge on any atom is 0.226 e. The smallest absolute Gasteiger partial charge is 0.226 e. The summed E-state index contributed by atoms with van der Waals surface area (Å²) in [7, 11) is 0. The van der Waals surface area contributed by atoms with E-state index in [4.69, 9.17) is 4.74 Å². The number of likely N-dealkylation sites (tertiary alicyclic amines) is 1. The number of benzene rings is 2. The van der Waals surface area contributed by atoms with Crippen molar-refractivity contribution in [3.8, 4) is 0 Å². The molecule has 0 aliphatic carbocycles. The van der Waals surface area contributed by atoms with Gasteiger partial charge in [-0.15, -0.1) is 11.8 Å². The van der Waals surface area contributed by atoms with Crippen molar-refractivity contribution in [2.24, 2.45) is 5.92 Å². The average Bonchev–Trinajstić information content (AvgIpc) is 2.70. The molecule has 1 fully saturated rings. The summed E-state index contributed by atoms with van der Waals surface area (Å²) in [5.74, 6) is 0.799. The van der Waals surface area contributed by atoms with Crippen LogP contribution >= 0.6 is 11.8 Å². The fourth-order valence-corrected chi connectivity index (χ4v) is 4.35. The predicted octanol–water partition coefficient (Wildman–Crippen LogP) is 5.19. The Kier molecular flexibility index (Phi) is 7.99. The molecule has 2 aromatic carbocycles. The van der Waals surface area contributed by atoms with Crippen LogP contribution in [0.25, 0.3) is 0 Å². The van der Waals surface area contributed by atoms with Crippen molar-refractivity contribution in [1.82, 2.24) is 4.90 Å². The molecule has 150 valence electrons. The molecule has 1 amide bonds. The molecule has 28 heavy (non-hydrogen) atoms. The lowest BCUT2D eigenvalue weighted by atomic mass is 9.97. The van der Waals surface area contributed by atoms with Gasteiger partial charge in [0, 0.05) is 29.8 Å². The first-order chi connectivity index (χ1) is 13.6. The molecule has 0 N–H and O–H groups in total. The summed E-state index contributed by atoms with van der Waals surface area (Å²) in [4.78, 5) is 15.9. The summed E-state index contributed by atoms with van der Waals surface area (Å²) < 4.78 is 5.88. The van der Waals surface area contributed by atoms with Crippen LogP contribution < -0.4 is 0 Å². The molecular formula is C24H31NO2S. The van der Waals surface area contributed by atoms with Gasteiger partial charge in [0.1, 0.15) is 0 Å². The van der Waals surface area contributed by atoms with E-state index in [9.17, 15) is 4.79 Å². The summed E-state index contributed by atoms with van der Waals surface area (Å²) in [6.07, 6.45) is 2.57. The van der Waals surface area contributed by atoms with Crippen molar-refractivity contribution in [2.45, 2.75) is 49.9 Å². The number of ether oxygens (including phenoxy) is 1. The number of thioether (sulfide) groups is 1. The molecule has 1 heterocycles. The van der Waals surface area contributed by atoms with Crippen molar-refractivity contribution in [3.63, 3.8) is 0 Å². The van der Waals surface area contributed by atoms with Crippen LogP contribution in [0.4, 0.5) is 0 Å². The lowest BCUT2D eigenvalue weighted by molar-refractivity contribution is -0.132. The minimum atomic E-state index is 0.243. The minimum absolute atomic E-state index is 0.243. The largest absolute Gasteiger partial charge is 0.376 e. The van der Waals surface area contributed by atoms with E-state index >= 15 is 0 Å². The van der Waals surface area contributed by atoms with E-state index in [1.165, 1.54) is 10.5 Å². The standard InChI is InChI=1S/C24H31NO2S/c1-19(2)28-23-10-8-20(9-11-23)16-24(26)25-14-12-22(13-15-25)18-27-17-21-6-4-3-5-7-21/h3-11,19,22H,12-18H2,1-2H3. The molecule has 1 saturated heterocycles. The van der Waals surface area contributed by atoms with Crippen LogP contribution in [0.15, 0.2) is 59.5 Å². The number of nitrogens with zero attached hydrogens (tertiary/aromatic N) is 1. The van der Waals surface area contributed by atoms with Crippen molar-refractivity contribution in [3.05, 3.63) is 65.7 Å². The molecule has 3 rings (SSSR count). The van der Waals surface area contributed by atoms with E-state index in [1.807, 2.05) is 34.9 Å². The van der Waals surface area contributed by atoms with Crippen LogP contribution in [0.3, 0.4) is 0 Å². The zero-order valence-electron chi connectivity index (χ0n) is 17.0. The van der Waals surface area contributed by atoms with Gasteiger partial charge < -0.3 is 9.64 Å². The summed E-state index contributed by atoms with van der Waals surface area (Å²) >= 11 is 1.85. The second-order valence-corrected chi connectivity index (χ2v) is 9.46. The zero-order chi connectivity index (χ0) is 19.8. The molecule has 0 radical (unpaired) electrons. The maximum atomic E-state index is 12.6. The second kappa shape index (κ2) is 10.7. The number of carbonyl (C=O) groups is 1. The molecule has 0 aromatic heterocycles. The quantitative estimate of drug-likeness (QED) is 0.575. The number of piperidine rings is 1. The second-order valence-electron chi connectivity index (χ2n) is 7.81. The number of carbonyl (C=O) groups excluding carboxylic acids is 1. The van der Waals surface area contributed by atoms with Gasteiger partial charge in [0.15, 0.2) is 0 Å². The van der Waals surface area contributed by atoms with Crippen LogP contribution in [-0.4, -0.2) is 35.8 Å². The van der Waals surface area contributed by atoms with Crippen molar-refractivity contribution < 1.29 is 9.53 Å². The molecular weight excluding hydrogens is 366 g/mol. The molecule has 0 atom stereocenters. The summed E-state index contributed by atoms with van der Waals surface area (Å²) in [5.41, 5.74) is 2.32. The Labute approximate surface area is 173 Å². The van der Waals surface area contributed by atoms with E-state index in [0.29, 0.717) is 24.2 Å². The molecule has 1 aliphatic heterocycles. The summed E-state index contributed by atoms with van der Waals surface area (Å²) in [6, 6.07) is 18.7. The van der Waals surface area contributed by atoms with Crippen LogP contribution in [0, 0.1) is 5.92 Å². The summed E-state index contributed by atoms with van der Waals surface area (Å²) in [6.45, 7) is 7.53. The SMILES string of the molecule is CC(C)Sc1ccc(CC(=O)N2CCC(COCc3ccccc3)CC2)cc1. The van der Waals surface area contributed by atoms with Crippen molar-refractivity contribution in [2.75, 3.05) is 19.7 Å². The number of amides is 1. The Bertz CT molecular complexity index is 722. The molecule has 4 heteroatoms. The molecule has 2 aromatic rings. The average molecular weight is 398 g/mol. The van der Waals surface area contributed by atoms with Gasteiger partial charge in [-0.25, -0.2) is 0 Å². The van der Waals surface area contributed by atoms with Gasteiger partial charge in [-0.1, -0.05) is 56.3 Å². The Morgan fingerprint density at radius 2 is 1.71 bits per heavy atom. The molecule has 0 saturated carbocycles. The van der Waals surface area contributed by atoms with Gasteiger partial charge in [0.2, 0.25) is 5.91 Å². The number of hydrogen-bond donors (Lipinski definition) is 0. The van der Waals surface area contributed by atoms with Crippen LogP contribution in [0.5, 0.6) is 0 Å². The van der Waals surface area contributed by atoms with Crippen LogP contribution in [-0.2, 0) is 22.6 Å². The Balaban J connectivity index is 1.37. The Hall–Kier alpha value is -1.78. The highest BCUT2D eigenvalue weighted by Crippen LogP contribution is 2.23. The van der Waals surface area contributed by atoms with Crippen molar-refractivity contribution in [1.29, 1.82) is 0 Å². The Morgan fingerprint density at radius 3 is 2.36 bits per heavy atom. The molecule has 3 nitrogen and oxygen atoms in total. The molecule has 0 unspecified atom stereocenters. The zero-order valence-corrected chi connectivity index (χ0v) is 17.8. The maximum absolute atomic E-state index is 12.6. The normalized spacial score (nSPS) is 15.2. The predicted molar refractivity (Wildman–Crippen MR) is 117 cm³/mol. The first kappa shape index (κ1) is 20.9. The fraction of sp³-hybridized carbons (Fsp3) is 0.458. The lowest BCUT2D eigenvalue weighted by Crippen LogP contribution is -2.40. The van der Waals surface area contributed by atoms with Gasteiger partial charge in [-0.2, -0.15) is 0 Å². The third-order valence-electron chi connectivity index (χ3n) is 5.08. The van der Waals surface area contributed by atoms with Gasteiger partial charge in [-0.3, -0.25) is 4.79 Å². The topological polar surface area (TPSA) is 29.5 Å². The first-order valence-corrected chi connectivity index (χ1v) is 11.1. The third kappa shape index (κ3) is 6.68. The molecule has 1 aliphatic rings. The highest BCUT2D eigenvalue weighted by molar-refractivity contribution is 7.99. The van der Waals surface area contributed by atoms with Gasteiger partial charge >= 0.3 is 0 Å². The molecule has 0 bridgehead atoms. The van der Waals surface area contributed by atoms with Crippen molar-refractivity contribution >= 4 is 17.7 Å². The van der Waals surface area contributed by atoms with Crippen LogP contribution in [0.2, 0.25) is 0 Å². The number of hydrogen-bond acceptors (Lipinski definition) is 3. The van der Waals surface area contributed by atoms with Gasteiger partial charge in [0.05, 0.1) is 13.0 Å². The fourth-order valence-electron chi connectivity index (χ4n) is 3.51. The van der Waals surface area contributed by atoms with E-state index in [-0.39, 0.29) is 5.91 Å². The van der Waals surface area contributed by atoms with Gasteiger partial charge in [-0.05, 0) is 42.0 Å². The molecule has 0 spiro atoms. The van der Waals surface area contributed by atoms with Crippen LogP contribution in [0.1, 0.15) is 37.8 Å². The Morgan fingerprint density at radius 1 is 1.04 bits per heavy atom. The summed E-state index contributed by atoms with van der Waals surface area (Å²) in [5, 5.41) is 0.574. The number of rotatable bonds is 8. The van der Waals surface area contributed by atoms with E-state index in [1.54, 1.807) is 0 Å². The van der Waals surface area contributed by atoms with E-state index in [0.717, 1.165) is 38.1 Å².